The number of fused-ring (bicyclic) bond motifs is 4. The number of nitrogens with zero attached hydrogens (tertiary/aromatic N) is 2. The van der Waals surface area contributed by atoms with E-state index >= 15 is 0 Å². The standard InChI is InChI=1S/C46H36N2O/c1-31-37(33-18-9-5-10-19-33)26-28-41-44(31)48-39-25-14-13-24-38(39)46(2,3)43-40(27-29-42(49-41)45(43)48)47(35-21-11-6-12-22-35)36-23-15-20-34(30-36)32-16-7-4-8-17-32/h4-30H,1-3H3. The van der Waals surface area contributed by atoms with Crippen LogP contribution in [0.15, 0.2) is 164 Å². The second-order valence-corrected chi connectivity index (χ2v) is 13.4. The van der Waals surface area contributed by atoms with Crippen molar-refractivity contribution in [1.82, 2.24) is 0 Å². The van der Waals surface area contributed by atoms with Crippen molar-refractivity contribution in [2.75, 3.05) is 9.80 Å². The van der Waals surface area contributed by atoms with Gasteiger partial charge in [-0.05, 0) is 88.8 Å². The molecule has 7 aromatic carbocycles. The molecule has 0 N–H and O–H groups in total. The largest absolute Gasteiger partial charge is 0.453 e. The van der Waals surface area contributed by atoms with Gasteiger partial charge in [-0.2, -0.15) is 0 Å². The van der Waals surface area contributed by atoms with E-state index in [0.717, 1.165) is 39.9 Å². The summed E-state index contributed by atoms with van der Waals surface area (Å²) in [5, 5.41) is 0. The maximum absolute atomic E-state index is 6.87. The van der Waals surface area contributed by atoms with Gasteiger partial charge >= 0.3 is 0 Å². The van der Waals surface area contributed by atoms with E-state index in [4.69, 9.17) is 4.74 Å². The number of ether oxygens (including phenoxy) is 1. The van der Waals surface area contributed by atoms with Crippen molar-refractivity contribution < 1.29 is 4.74 Å². The number of benzene rings is 7. The van der Waals surface area contributed by atoms with Gasteiger partial charge in [0.1, 0.15) is 0 Å². The van der Waals surface area contributed by atoms with Gasteiger partial charge in [0.05, 0.1) is 22.7 Å². The van der Waals surface area contributed by atoms with Crippen LogP contribution in [0.2, 0.25) is 0 Å². The van der Waals surface area contributed by atoms with Crippen LogP contribution in [0.3, 0.4) is 0 Å². The van der Waals surface area contributed by atoms with Gasteiger partial charge in [-0.1, -0.05) is 129 Å². The van der Waals surface area contributed by atoms with Crippen LogP contribution in [-0.4, -0.2) is 0 Å². The SMILES string of the molecule is Cc1c(-c2ccccc2)ccc2c1N1c3ccccc3C(C)(C)c3c(N(c4ccccc4)c4cccc(-c5ccccc5)c4)ccc(c31)O2. The zero-order chi connectivity index (χ0) is 33.1. The molecule has 0 spiro atoms. The summed E-state index contributed by atoms with van der Waals surface area (Å²) < 4.78 is 6.87. The van der Waals surface area contributed by atoms with E-state index in [0.29, 0.717) is 0 Å². The van der Waals surface area contributed by atoms with Gasteiger partial charge < -0.3 is 14.5 Å². The van der Waals surface area contributed by atoms with Crippen LogP contribution in [0.4, 0.5) is 34.1 Å². The summed E-state index contributed by atoms with van der Waals surface area (Å²) >= 11 is 0. The first-order chi connectivity index (χ1) is 24.0. The lowest BCUT2D eigenvalue weighted by Gasteiger charge is -2.47. The quantitative estimate of drug-likeness (QED) is 0.188. The smallest absolute Gasteiger partial charge is 0.152 e. The Kier molecular flexibility index (Phi) is 6.70. The van der Waals surface area contributed by atoms with Crippen molar-refractivity contribution in [3.63, 3.8) is 0 Å². The van der Waals surface area contributed by atoms with Gasteiger partial charge in [0, 0.05) is 22.4 Å². The van der Waals surface area contributed by atoms with Crippen LogP contribution in [0.1, 0.15) is 30.5 Å². The van der Waals surface area contributed by atoms with Crippen molar-refractivity contribution in [3.05, 3.63) is 180 Å². The van der Waals surface area contributed by atoms with E-state index in [1.165, 1.54) is 44.6 Å². The van der Waals surface area contributed by atoms with Crippen molar-refractivity contribution in [1.29, 1.82) is 0 Å². The van der Waals surface area contributed by atoms with Crippen LogP contribution in [0, 0.1) is 6.92 Å². The Bertz CT molecular complexity index is 2350. The molecule has 0 amide bonds. The second kappa shape index (κ2) is 11.3. The van der Waals surface area contributed by atoms with Crippen LogP contribution in [0.25, 0.3) is 22.3 Å². The number of anilines is 6. The second-order valence-electron chi connectivity index (χ2n) is 13.4. The molecule has 0 saturated carbocycles. The average molecular weight is 633 g/mol. The molecule has 2 heterocycles. The molecule has 2 aliphatic rings. The molecule has 2 aliphatic heterocycles. The molecule has 3 nitrogen and oxygen atoms in total. The molecule has 49 heavy (non-hydrogen) atoms. The Balaban J connectivity index is 1.32. The van der Waals surface area contributed by atoms with Crippen molar-refractivity contribution >= 4 is 34.1 Å². The number of hydrogen-bond donors (Lipinski definition) is 0. The zero-order valence-electron chi connectivity index (χ0n) is 27.9. The Morgan fingerprint density at radius 1 is 0.531 bits per heavy atom. The van der Waals surface area contributed by atoms with Crippen LogP contribution < -0.4 is 14.5 Å². The Labute approximate surface area is 288 Å². The highest BCUT2D eigenvalue weighted by molar-refractivity contribution is 5.99. The minimum Gasteiger partial charge on any atom is -0.453 e. The molecule has 0 bridgehead atoms. The maximum atomic E-state index is 6.87. The van der Waals surface area contributed by atoms with E-state index in [2.05, 4.69) is 194 Å². The fourth-order valence-electron chi connectivity index (χ4n) is 7.90. The third kappa shape index (κ3) is 4.57. The van der Waals surface area contributed by atoms with Crippen molar-refractivity contribution in [2.45, 2.75) is 26.2 Å². The van der Waals surface area contributed by atoms with E-state index in [-0.39, 0.29) is 5.41 Å². The van der Waals surface area contributed by atoms with Gasteiger partial charge in [-0.25, -0.2) is 0 Å². The summed E-state index contributed by atoms with van der Waals surface area (Å²) in [7, 11) is 0. The van der Waals surface area contributed by atoms with Gasteiger partial charge in [-0.15, -0.1) is 0 Å². The predicted molar refractivity (Wildman–Crippen MR) is 204 cm³/mol. The van der Waals surface area contributed by atoms with E-state index in [1.54, 1.807) is 0 Å². The lowest BCUT2D eigenvalue weighted by Crippen LogP contribution is -2.34. The molecule has 3 heteroatoms. The molecule has 0 aliphatic carbocycles. The number of hydrogen-bond acceptors (Lipinski definition) is 3. The molecular weight excluding hydrogens is 597 g/mol. The van der Waals surface area contributed by atoms with Gasteiger partial charge in [0.25, 0.3) is 0 Å². The lowest BCUT2D eigenvalue weighted by molar-refractivity contribution is 0.471. The molecule has 0 unspecified atom stereocenters. The molecule has 0 atom stereocenters. The fraction of sp³-hybridized carbons (Fsp3) is 0.0870. The summed E-state index contributed by atoms with van der Waals surface area (Å²) in [5.74, 6) is 1.74. The predicted octanol–water partition coefficient (Wildman–Crippen LogP) is 13.0. The molecule has 9 rings (SSSR count). The topological polar surface area (TPSA) is 15.7 Å². The monoisotopic (exact) mass is 632 g/mol. The number of rotatable bonds is 5. The Morgan fingerprint density at radius 2 is 1.12 bits per heavy atom. The Morgan fingerprint density at radius 3 is 1.88 bits per heavy atom. The minimum absolute atomic E-state index is 0.344. The molecule has 0 aromatic heterocycles. The van der Waals surface area contributed by atoms with Crippen LogP contribution in [-0.2, 0) is 5.41 Å². The first-order valence-electron chi connectivity index (χ1n) is 17.0. The molecule has 0 fully saturated rings. The average Bonchev–Trinajstić information content (AvgIpc) is 3.15. The zero-order valence-corrected chi connectivity index (χ0v) is 27.9. The maximum Gasteiger partial charge on any atom is 0.152 e. The summed E-state index contributed by atoms with van der Waals surface area (Å²) in [4.78, 5) is 4.89. The van der Waals surface area contributed by atoms with Gasteiger partial charge in [0.2, 0.25) is 0 Å². The molecule has 0 saturated heterocycles. The van der Waals surface area contributed by atoms with Gasteiger partial charge in [0.15, 0.2) is 11.5 Å². The number of para-hydroxylation sites is 2. The summed E-state index contributed by atoms with van der Waals surface area (Å²) in [5.41, 5.74) is 14.8. The molecule has 236 valence electrons. The third-order valence-corrected chi connectivity index (χ3v) is 10.2. The molecule has 7 aromatic rings. The van der Waals surface area contributed by atoms with Crippen molar-refractivity contribution in [2.24, 2.45) is 0 Å². The van der Waals surface area contributed by atoms with Gasteiger partial charge in [-0.3, -0.25) is 0 Å². The summed E-state index contributed by atoms with van der Waals surface area (Å²) in [6.07, 6.45) is 0. The summed E-state index contributed by atoms with van der Waals surface area (Å²) in [6.45, 7) is 6.94. The lowest BCUT2D eigenvalue weighted by atomic mass is 9.72. The minimum atomic E-state index is -0.344. The van der Waals surface area contributed by atoms with Crippen molar-refractivity contribution in [3.8, 4) is 33.8 Å². The third-order valence-electron chi connectivity index (χ3n) is 10.2. The Hall–Kier alpha value is -6.06. The highest BCUT2D eigenvalue weighted by Gasteiger charge is 2.44. The van der Waals surface area contributed by atoms with E-state index < -0.39 is 0 Å². The van der Waals surface area contributed by atoms with E-state index in [1.807, 2.05) is 0 Å². The van der Waals surface area contributed by atoms with Crippen LogP contribution in [0.5, 0.6) is 11.5 Å². The van der Waals surface area contributed by atoms with Crippen LogP contribution >= 0.6 is 0 Å². The fourth-order valence-corrected chi connectivity index (χ4v) is 7.90. The highest BCUT2D eigenvalue weighted by Crippen LogP contribution is 2.63. The van der Waals surface area contributed by atoms with E-state index in [9.17, 15) is 0 Å². The first kappa shape index (κ1) is 29.1. The highest BCUT2D eigenvalue weighted by atomic mass is 16.5. The molecule has 0 radical (unpaired) electrons. The first-order valence-corrected chi connectivity index (χ1v) is 17.0. The summed E-state index contributed by atoms with van der Waals surface area (Å²) in [6, 6.07) is 58.5. The normalized spacial score (nSPS) is 13.5. The molecular formula is C46H36N2O.